The van der Waals surface area contributed by atoms with Gasteiger partial charge in [0, 0.05) is 29.3 Å². The van der Waals surface area contributed by atoms with Gasteiger partial charge in [-0.1, -0.05) is 69.4 Å². The molecule has 0 bridgehead atoms. The molecule has 0 heterocycles. The molecule has 0 saturated heterocycles. The number of hydrogen-bond donors (Lipinski definition) is 0. The molecule has 2 rings (SSSR count). The maximum absolute atomic E-state index is 4.07. The summed E-state index contributed by atoms with van der Waals surface area (Å²) < 4.78 is 0. The first-order chi connectivity index (χ1) is 15.7. The Balaban J connectivity index is 2.38. The van der Waals surface area contributed by atoms with Crippen LogP contribution in [0.2, 0.25) is 0 Å². The summed E-state index contributed by atoms with van der Waals surface area (Å²) in [5.74, 6) is 0. The largest absolute Gasteiger partial charge is 0.338 e. The van der Waals surface area contributed by atoms with Gasteiger partial charge in [0.05, 0.1) is 6.04 Å². The van der Waals surface area contributed by atoms with Crippen molar-refractivity contribution in [1.82, 2.24) is 0 Å². The second-order valence-corrected chi connectivity index (χ2v) is 8.13. The highest BCUT2D eigenvalue weighted by atomic mass is 15.2. The summed E-state index contributed by atoms with van der Waals surface area (Å²) >= 11 is 0. The Bertz CT molecular complexity index is 836. The Hall–Kier alpha value is -2.74. The third-order valence-corrected chi connectivity index (χ3v) is 5.82. The molecule has 172 valence electrons. The van der Waals surface area contributed by atoms with Crippen LogP contribution < -0.4 is 9.80 Å². The normalized spacial score (nSPS) is 17.3. The minimum absolute atomic E-state index is 0.380. The maximum atomic E-state index is 4.07. The molecule has 1 aliphatic carbocycles. The van der Waals surface area contributed by atoms with Crippen LogP contribution in [0.25, 0.3) is 0 Å². The van der Waals surface area contributed by atoms with Gasteiger partial charge in [0.15, 0.2) is 0 Å². The predicted molar refractivity (Wildman–Crippen MR) is 144 cm³/mol. The average molecular weight is 431 g/mol. The first kappa shape index (κ1) is 25.5. The zero-order valence-electron chi connectivity index (χ0n) is 20.6. The molecule has 1 aromatic rings. The monoisotopic (exact) mass is 430 g/mol. The van der Waals surface area contributed by atoms with E-state index in [2.05, 4.69) is 117 Å². The van der Waals surface area contributed by atoms with E-state index in [0.29, 0.717) is 6.04 Å². The van der Waals surface area contributed by atoms with Crippen molar-refractivity contribution in [3.63, 3.8) is 0 Å². The van der Waals surface area contributed by atoms with Crippen molar-refractivity contribution < 1.29 is 0 Å². The van der Waals surface area contributed by atoms with Crippen LogP contribution in [-0.2, 0) is 0 Å². The standard InChI is InChI=1S/C30H42N2/c1-6-11-13-17-25-31(27(10-5)18-12-7-2)28-21-23-30(24-22-28)32(26(8-3)9-4)29-19-15-14-16-20-29/h8-10,12-13,15,17-19,21-24,29H,3,6-7,11,14,16,20,25H2,1-2,4-5H3/b17-13-,18-12-,26-9+,27-10+. The first-order valence-electron chi connectivity index (χ1n) is 12.3. The van der Waals surface area contributed by atoms with Crippen LogP contribution in [-0.4, -0.2) is 12.6 Å². The molecule has 2 nitrogen and oxygen atoms in total. The van der Waals surface area contributed by atoms with E-state index >= 15 is 0 Å². The molecular formula is C30H42N2. The topological polar surface area (TPSA) is 6.48 Å². The quantitative estimate of drug-likeness (QED) is 0.241. The van der Waals surface area contributed by atoms with Gasteiger partial charge in [0.2, 0.25) is 0 Å². The predicted octanol–water partition coefficient (Wildman–Crippen LogP) is 8.72. The molecule has 0 aliphatic heterocycles. The number of allylic oxidation sites excluding steroid dienone is 7. The number of benzene rings is 1. The lowest BCUT2D eigenvalue weighted by atomic mass is 9.99. The van der Waals surface area contributed by atoms with Crippen molar-refractivity contribution in [2.75, 3.05) is 16.3 Å². The fraction of sp³-hybridized carbons (Fsp3) is 0.400. The average Bonchev–Trinajstić information content (AvgIpc) is 2.84. The number of hydrogen-bond acceptors (Lipinski definition) is 2. The van der Waals surface area contributed by atoms with E-state index < -0.39 is 0 Å². The summed E-state index contributed by atoms with van der Waals surface area (Å²) in [6.45, 7) is 13.5. The Morgan fingerprint density at radius 1 is 1.00 bits per heavy atom. The van der Waals surface area contributed by atoms with Crippen LogP contribution in [0.15, 0.2) is 96.9 Å². The van der Waals surface area contributed by atoms with Crippen LogP contribution in [0.5, 0.6) is 0 Å². The van der Waals surface area contributed by atoms with Crippen molar-refractivity contribution in [1.29, 1.82) is 0 Å². The lowest BCUT2D eigenvalue weighted by Gasteiger charge is -2.35. The highest BCUT2D eigenvalue weighted by molar-refractivity contribution is 5.64. The Labute approximate surface area is 197 Å². The zero-order valence-corrected chi connectivity index (χ0v) is 20.6. The molecule has 0 saturated carbocycles. The lowest BCUT2D eigenvalue weighted by molar-refractivity contribution is 0.621. The molecule has 0 amide bonds. The van der Waals surface area contributed by atoms with Gasteiger partial charge in [-0.05, 0) is 82.4 Å². The van der Waals surface area contributed by atoms with Gasteiger partial charge in [0.1, 0.15) is 0 Å². The Morgan fingerprint density at radius 2 is 1.72 bits per heavy atom. The lowest BCUT2D eigenvalue weighted by Crippen LogP contribution is -2.33. The summed E-state index contributed by atoms with van der Waals surface area (Å²) in [5.41, 5.74) is 4.82. The number of unbranched alkanes of at least 4 members (excludes halogenated alkanes) is 1. The molecule has 0 radical (unpaired) electrons. The van der Waals surface area contributed by atoms with Crippen LogP contribution in [0.3, 0.4) is 0 Å². The van der Waals surface area contributed by atoms with Crippen LogP contribution >= 0.6 is 0 Å². The molecule has 0 N–H and O–H groups in total. The Kier molecular flexibility index (Phi) is 11.4. The molecule has 0 aromatic heterocycles. The second kappa shape index (κ2) is 14.3. The summed E-state index contributed by atoms with van der Waals surface area (Å²) in [5, 5.41) is 0. The van der Waals surface area contributed by atoms with Gasteiger partial charge in [-0.2, -0.15) is 0 Å². The van der Waals surface area contributed by atoms with E-state index in [0.717, 1.165) is 25.1 Å². The van der Waals surface area contributed by atoms with Gasteiger partial charge >= 0.3 is 0 Å². The van der Waals surface area contributed by atoms with E-state index in [-0.39, 0.29) is 0 Å². The summed E-state index contributed by atoms with van der Waals surface area (Å²) in [6, 6.07) is 9.39. The van der Waals surface area contributed by atoms with E-state index in [4.69, 9.17) is 0 Å². The summed E-state index contributed by atoms with van der Waals surface area (Å²) in [4.78, 5) is 4.81. The molecular weight excluding hydrogens is 388 g/mol. The van der Waals surface area contributed by atoms with E-state index in [1.807, 2.05) is 6.08 Å². The van der Waals surface area contributed by atoms with Crippen molar-refractivity contribution >= 4 is 11.4 Å². The third-order valence-electron chi connectivity index (χ3n) is 5.82. The second-order valence-electron chi connectivity index (χ2n) is 8.13. The van der Waals surface area contributed by atoms with Crippen molar-refractivity contribution in [2.45, 2.75) is 72.3 Å². The third kappa shape index (κ3) is 7.15. The van der Waals surface area contributed by atoms with Crippen LogP contribution in [0, 0.1) is 0 Å². The number of rotatable bonds is 12. The molecule has 1 aromatic carbocycles. The van der Waals surface area contributed by atoms with Crippen molar-refractivity contribution in [2.24, 2.45) is 0 Å². The van der Waals surface area contributed by atoms with Gasteiger partial charge in [-0.25, -0.2) is 0 Å². The number of nitrogens with zero attached hydrogens (tertiary/aromatic N) is 2. The van der Waals surface area contributed by atoms with E-state index in [1.165, 1.54) is 42.8 Å². The zero-order chi connectivity index (χ0) is 23.2. The Morgan fingerprint density at radius 3 is 2.28 bits per heavy atom. The smallest absolute Gasteiger partial charge is 0.0522 e. The number of anilines is 2. The highest BCUT2D eigenvalue weighted by Gasteiger charge is 2.20. The molecule has 32 heavy (non-hydrogen) atoms. The van der Waals surface area contributed by atoms with Gasteiger partial charge < -0.3 is 9.80 Å². The fourth-order valence-electron chi connectivity index (χ4n) is 4.10. The molecule has 0 fully saturated rings. The summed E-state index contributed by atoms with van der Waals surface area (Å²) in [7, 11) is 0. The maximum Gasteiger partial charge on any atom is 0.0522 e. The van der Waals surface area contributed by atoms with E-state index in [1.54, 1.807) is 0 Å². The van der Waals surface area contributed by atoms with Crippen molar-refractivity contribution in [3.8, 4) is 0 Å². The summed E-state index contributed by atoms with van der Waals surface area (Å²) in [6.07, 6.45) is 26.9. The van der Waals surface area contributed by atoms with Crippen molar-refractivity contribution in [3.05, 3.63) is 96.9 Å². The molecule has 1 atom stereocenters. The van der Waals surface area contributed by atoms with E-state index in [9.17, 15) is 0 Å². The SMILES string of the molecule is C=C/C(=C\C)N(c1ccc(N(C/C=C\CCC)C(/C=C\CC)=C/C)cc1)C1C=CCCC1. The van der Waals surface area contributed by atoms with Crippen LogP contribution in [0.4, 0.5) is 11.4 Å². The minimum Gasteiger partial charge on any atom is -0.338 e. The minimum atomic E-state index is 0.380. The van der Waals surface area contributed by atoms with Crippen LogP contribution in [0.1, 0.15) is 66.2 Å². The molecule has 1 unspecified atom stereocenters. The molecule has 0 spiro atoms. The highest BCUT2D eigenvalue weighted by Crippen LogP contribution is 2.31. The van der Waals surface area contributed by atoms with Gasteiger partial charge in [-0.15, -0.1) is 0 Å². The fourth-order valence-corrected chi connectivity index (χ4v) is 4.10. The molecule has 2 heteroatoms. The van der Waals surface area contributed by atoms with Gasteiger partial charge in [-0.3, -0.25) is 0 Å². The first-order valence-corrected chi connectivity index (χ1v) is 12.3. The van der Waals surface area contributed by atoms with Gasteiger partial charge in [0.25, 0.3) is 0 Å². The molecule has 1 aliphatic rings.